The summed E-state index contributed by atoms with van der Waals surface area (Å²) in [5, 5.41) is 8.98. The predicted octanol–water partition coefficient (Wildman–Crippen LogP) is 7.65. The average molecular weight is 516 g/mol. The van der Waals surface area contributed by atoms with E-state index in [-0.39, 0.29) is 0 Å². The van der Waals surface area contributed by atoms with Crippen molar-refractivity contribution in [2.75, 3.05) is 0 Å². The lowest BCUT2D eigenvalue weighted by molar-refractivity contribution is 0.328. The van der Waals surface area contributed by atoms with E-state index in [0.717, 1.165) is 24.1 Å². The summed E-state index contributed by atoms with van der Waals surface area (Å²) < 4.78 is 19.9. The van der Waals surface area contributed by atoms with Crippen LogP contribution in [0.15, 0.2) is 48.5 Å². The molecule has 0 aromatic heterocycles. The van der Waals surface area contributed by atoms with Crippen molar-refractivity contribution >= 4 is 33.8 Å². The van der Waals surface area contributed by atoms with Gasteiger partial charge in [0.05, 0.1) is 11.6 Å². The maximum Gasteiger partial charge on any atom is 0.312 e. The number of benzene rings is 2. The molecule has 2 rings (SSSR count). The normalized spacial score (nSPS) is 13.1. The summed E-state index contributed by atoms with van der Waals surface area (Å²) in [5.74, 6) is 0. The molecule has 0 saturated heterocycles. The molecule has 0 aliphatic rings. The van der Waals surface area contributed by atoms with Gasteiger partial charge in [-0.05, 0) is 99.7 Å². The van der Waals surface area contributed by atoms with Gasteiger partial charge in [0.1, 0.15) is 0 Å². The third-order valence-electron chi connectivity index (χ3n) is 5.70. The Morgan fingerprint density at radius 1 is 0.667 bits per heavy atom. The largest absolute Gasteiger partial charge is 0.436 e. The highest BCUT2D eigenvalue weighted by Crippen LogP contribution is 2.27. The van der Waals surface area contributed by atoms with Gasteiger partial charge in [-0.2, -0.15) is 5.26 Å². The number of hydrogen-bond donors (Lipinski definition) is 0. The van der Waals surface area contributed by atoms with Crippen LogP contribution >= 0.6 is 0 Å². The average Bonchev–Trinajstić information content (AvgIpc) is 2.70. The standard InChI is InChI=1S/C25H41NO3Si4/c1-10-30(2,3)27-32(6,7)29-33(8,9)28-31(4,5)20-19-22-11-15-24(16-12-22)25-17-13-23(21-26)14-18-25/h11-18H,10,19-20H2,1-9H3. The first-order valence-corrected chi connectivity index (χ1v) is 23.7. The Balaban J connectivity index is 1.96. The van der Waals surface area contributed by atoms with Gasteiger partial charge in [0.15, 0.2) is 16.6 Å². The molecule has 0 atom stereocenters. The number of nitrogens with zero attached hydrogens (tertiary/aromatic N) is 1. The molecule has 4 nitrogen and oxygen atoms in total. The molecule has 0 saturated carbocycles. The molecule has 0 unspecified atom stereocenters. The minimum atomic E-state index is -2.29. The Morgan fingerprint density at radius 2 is 1.12 bits per heavy atom. The molecule has 180 valence electrons. The van der Waals surface area contributed by atoms with Gasteiger partial charge in [-0.1, -0.05) is 43.3 Å². The van der Waals surface area contributed by atoms with Crippen molar-refractivity contribution in [3.05, 3.63) is 59.7 Å². The highest BCUT2D eigenvalue weighted by molar-refractivity contribution is 6.89. The molecular formula is C25H41NO3Si4. The molecule has 0 amide bonds. The minimum absolute atomic E-state index is 0.687. The third-order valence-corrected chi connectivity index (χ3v) is 21.1. The fraction of sp³-hybridized carbons (Fsp3) is 0.480. The van der Waals surface area contributed by atoms with Gasteiger partial charge in [0.2, 0.25) is 0 Å². The van der Waals surface area contributed by atoms with E-state index in [0.29, 0.717) is 5.56 Å². The van der Waals surface area contributed by atoms with Gasteiger partial charge < -0.3 is 12.3 Å². The summed E-state index contributed by atoms with van der Waals surface area (Å²) in [6, 6.07) is 20.8. The molecule has 2 aromatic rings. The fourth-order valence-corrected chi connectivity index (χ4v) is 22.5. The van der Waals surface area contributed by atoms with E-state index >= 15 is 0 Å². The predicted molar refractivity (Wildman–Crippen MR) is 149 cm³/mol. The summed E-state index contributed by atoms with van der Waals surface area (Å²) in [6.45, 7) is 20.0. The molecule has 33 heavy (non-hydrogen) atoms. The Hall–Kier alpha value is -1.32. The molecule has 2 aromatic carbocycles. The van der Waals surface area contributed by atoms with Crippen molar-refractivity contribution < 1.29 is 12.3 Å². The monoisotopic (exact) mass is 515 g/mol. The molecular weight excluding hydrogens is 475 g/mol. The van der Waals surface area contributed by atoms with Gasteiger partial charge in [-0.25, -0.2) is 0 Å². The zero-order valence-electron chi connectivity index (χ0n) is 21.9. The summed E-state index contributed by atoms with van der Waals surface area (Å²) >= 11 is 0. The first kappa shape index (κ1) is 27.9. The van der Waals surface area contributed by atoms with Crippen LogP contribution in [0, 0.1) is 11.3 Å². The minimum Gasteiger partial charge on any atom is -0.436 e. The zero-order chi connectivity index (χ0) is 24.9. The van der Waals surface area contributed by atoms with Crippen molar-refractivity contribution in [2.45, 2.75) is 77.8 Å². The smallest absolute Gasteiger partial charge is 0.312 e. The van der Waals surface area contributed by atoms with Crippen LogP contribution in [0.1, 0.15) is 18.1 Å². The molecule has 0 spiro atoms. The van der Waals surface area contributed by atoms with Crippen LogP contribution in [-0.2, 0) is 18.8 Å². The van der Waals surface area contributed by atoms with Crippen LogP contribution in [0.5, 0.6) is 0 Å². The van der Waals surface area contributed by atoms with Crippen LogP contribution in [-0.4, -0.2) is 33.8 Å². The SMILES string of the molecule is CC[Si](C)(C)O[Si](C)(C)O[Si](C)(C)O[Si](C)(C)CCc1ccc(-c2ccc(C#N)cc2)cc1. The van der Waals surface area contributed by atoms with E-state index in [1.54, 1.807) is 0 Å². The van der Waals surface area contributed by atoms with Crippen molar-refractivity contribution in [1.29, 1.82) is 5.26 Å². The Bertz CT molecular complexity index is 949. The maximum absolute atomic E-state index is 8.98. The molecule has 0 heterocycles. The van der Waals surface area contributed by atoms with Crippen LogP contribution in [0.3, 0.4) is 0 Å². The van der Waals surface area contributed by atoms with E-state index in [1.165, 1.54) is 11.1 Å². The van der Waals surface area contributed by atoms with Gasteiger partial charge in [0, 0.05) is 0 Å². The molecule has 0 fully saturated rings. The summed E-state index contributed by atoms with van der Waals surface area (Å²) in [5.41, 5.74) is 4.31. The van der Waals surface area contributed by atoms with E-state index in [4.69, 9.17) is 17.6 Å². The Labute approximate surface area is 205 Å². The fourth-order valence-electron chi connectivity index (χ4n) is 4.13. The second-order valence-electron chi connectivity index (χ2n) is 10.9. The lowest BCUT2D eigenvalue weighted by Crippen LogP contribution is -2.56. The Kier molecular flexibility index (Phi) is 9.26. The molecule has 0 bridgehead atoms. The number of nitriles is 1. The topological polar surface area (TPSA) is 51.5 Å². The lowest BCUT2D eigenvalue weighted by Gasteiger charge is -2.41. The molecule has 0 radical (unpaired) electrons. The molecule has 0 aliphatic heterocycles. The van der Waals surface area contributed by atoms with Gasteiger partial charge in [-0.3, -0.25) is 0 Å². The van der Waals surface area contributed by atoms with Crippen LogP contribution in [0.4, 0.5) is 0 Å². The van der Waals surface area contributed by atoms with E-state index in [9.17, 15) is 0 Å². The van der Waals surface area contributed by atoms with E-state index in [1.807, 2.05) is 24.3 Å². The highest BCUT2D eigenvalue weighted by atomic mass is 28.5. The van der Waals surface area contributed by atoms with Gasteiger partial charge in [-0.15, -0.1) is 0 Å². The van der Waals surface area contributed by atoms with Crippen LogP contribution in [0.2, 0.25) is 64.5 Å². The summed E-state index contributed by atoms with van der Waals surface area (Å²) in [7, 11) is -8.07. The van der Waals surface area contributed by atoms with Crippen molar-refractivity contribution in [2.24, 2.45) is 0 Å². The number of aryl methyl sites for hydroxylation is 1. The number of hydrogen-bond acceptors (Lipinski definition) is 4. The van der Waals surface area contributed by atoms with Crippen molar-refractivity contribution in [3.63, 3.8) is 0 Å². The Morgan fingerprint density at radius 3 is 1.58 bits per heavy atom. The first-order chi connectivity index (χ1) is 15.2. The summed E-state index contributed by atoms with van der Waals surface area (Å²) in [4.78, 5) is 0. The van der Waals surface area contributed by atoms with E-state index < -0.39 is 33.8 Å². The van der Waals surface area contributed by atoms with Crippen LogP contribution < -0.4 is 0 Å². The van der Waals surface area contributed by atoms with Crippen molar-refractivity contribution in [1.82, 2.24) is 0 Å². The molecule has 0 aliphatic carbocycles. The lowest BCUT2D eigenvalue weighted by atomic mass is 10.0. The van der Waals surface area contributed by atoms with Gasteiger partial charge in [0.25, 0.3) is 0 Å². The quantitative estimate of drug-likeness (QED) is 0.288. The van der Waals surface area contributed by atoms with E-state index in [2.05, 4.69) is 89.6 Å². The maximum atomic E-state index is 8.98. The van der Waals surface area contributed by atoms with Crippen LogP contribution in [0.25, 0.3) is 11.1 Å². The highest BCUT2D eigenvalue weighted by Gasteiger charge is 2.42. The first-order valence-electron chi connectivity index (χ1n) is 11.9. The van der Waals surface area contributed by atoms with Gasteiger partial charge >= 0.3 is 17.1 Å². The van der Waals surface area contributed by atoms with Crippen molar-refractivity contribution in [3.8, 4) is 17.2 Å². The number of rotatable bonds is 11. The summed E-state index contributed by atoms with van der Waals surface area (Å²) in [6.07, 6.45) is 1.00. The second kappa shape index (κ2) is 10.9. The molecule has 8 heteroatoms. The second-order valence-corrected chi connectivity index (χ2v) is 27.2. The third kappa shape index (κ3) is 9.45. The molecule has 0 N–H and O–H groups in total. The zero-order valence-corrected chi connectivity index (χ0v) is 25.9.